The Kier molecular flexibility index (Phi) is 5.60. The quantitative estimate of drug-likeness (QED) is 0.829. The Morgan fingerprint density at radius 1 is 1.26 bits per heavy atom. The average Bonchev–Trinajstić information content (AvgIpc) is 3.17. The fourth-order valence-corrected chi connectivity index (χ4v) is 3.56. The number of nitrogens with zero attached hydrogens (tertiary/aromatic N) is 3. The smallest absolute Gasteiger partial charge is 0.254 e. The van der Waals surface area contributed by atoms with E-state index >= 15 is 0 Å². The molecule has 7 heteroatoms. The van der Waals surface area contributed by atoms with Crippen molar-refractivity contribution in [2.24, 2.45) is 5.73 Å². The van der Waals surface area contributed by atoms with E-state index < -0.39 is 6.04 Å². The number of benzene rings is 1. The molecule has 2 aromatic rings. The lowest BCUT2D eigenvalue weighted by molar-refractivity contribution is -0.124. The Labute approximate surface area is 159 Å². The lowest BCUT2D eigenvalue weighted by Crippen LogP contribution is -2.45. The molecule has 0 bridgehead atoms. The van der Waals surface area contributed by atoms with Gasteiger partial charge in [0, 0.05) is 30.4 Å². The van der Waals surface area contributed by atoms with E-state index in [2.05, 4.69) is 10.4 Å². The summed E-state index contributed by atoms with van der Waals surface area (Å²) in [5.41, 5.74) is 9.73. The van der Waals surface area contributed by atoms with E-state index in [1.54, 1.807) is 4.90 Å². The molecule has 1 fully saturated rings. The van der Waals surface area contributed by atoms with Gasteiger partial charge in [-0.25, -0.2) is 0 Å². The molecule has 0 radical (unpaired) electrons. The first-order chi connectivity index (χ1) is 12.9. The van der Waals surface area contributed by atoms with Gasteiger partial charge in [-0.05, 0) is 51.0 Å². The van der Waals surface area contributed by atoms with Gasteiger partial charge in [0.25, 0.3) is 5.91 Å². The number of hydrogen-bond donors (Lipinski definition) is 2. The van der Waals surface area contributed by atoms with Gasteiger partial charge in [-0.2, -0.15) is 5.10 Å². The molecule has 144 valence electrons. The summed E-state index contributed by atoms with van der Waals surface area (Å²) >= 11 is 0. The Bertz CT molecular complexity index is 827. The zero-order valence-electron chi connectivity index (χ0n) is 16.1. The third kappa shape index (κ3) is 4.19. The van der Waals surface area contributed by atoms with Crippen molar-refractivity contribution in [3.63, 3.8) is 0 Å². The first-order valence-corrected chi connectivity index (χ1v) is 9.33. The average molecular weight is 369 g/mol. The number of nitrogens with one attached hydrogen (secondary N) is 1. The molecule has 1 saturated heterocycles. The fourth-order valence-electron chi connectivity index (χ4n) is 3.56. The van der Waals surface area contributed by atoms with Crippen LogP contribution in [0, 0.1) is 13.8 Å². The van der Waals surface area contributed by atoms with Crippen LogP contribution in [-0.4, -0.2) is 51.7 Å². The number of likely N-dealkylation sites (N-methyl/N-ethyl adjacent to an activating group) is 1. The summed E-state index contributed by atoms with van der Waals surface area (Å²) in [4.78, 5) is 26.8. The van der Waals surface area contributed by atoms with Crippen molar-refractivity contribution in [2.75, 3.05) is 13.1 Å². The lowest BCUT2D eigenvalue weighted by Gasteiger charge is -2.23. The van der Waals surface area contributed by atoms with E-state index in [0.29, 0.717) is 31.6 Å². The van der Waals surface area contributed by atoms with Crippen LogP contribution in [0.3, 0.4) is 0 Å². The highest BCUT2D eigenvalue weighted by Gasteiger charge is 2.38. The van der Waals surface area contributed by atoms with Gasteiger partial charge in [0.05, 0.1) is 12.2 Å². The van der Waals surface area contributed by atoms with E-state index in [4.69, 9.17) is 5.73 Å². The molecule has 27 heavy (non-hydrogen) atoms. The van der Waals surface area contributed by atoms with Crippen LogP contribution in [0.2, 0.25) is 0 Å². The second kappa shape index (κ2) is 7.92. The minimum Gasteiger partial charge on any atom is -0.355 e. The first-order valence-electron chi connectivity index (χ1n) is 9.33. The Morgan fingerprint density at radius 2 is 1.96 bits per heavy atom. The van der Waals surface area contributed by atoms with E-state index in [0.717, 1.165) is 17.0 Å². The maximum atomic E-state index is 12.9. The minimum atomic E-state index is -0.498. The standard InChI is InChI=1S/C20H27N5O2/c1-4-22-19(26)18-10-17(21)12-24(18)20(27)16-7-5-15(6-8-16)11-25-14(3)9-13(2)23-25/h5-9,17-18H,4,10-12,21H2,1-3H3,(H,22,26)/t17-,18-/m0/s1. The monoisotopic (exact) mass is 369 g/mol. The molecule has 1 aromatic heterocycles. The third-order valence-electron chi connectivity index (χ3n) is 4.88. The molecular formula is C20H27N5O2. The number of likely N-dealkylation sites (tertiary alicyclic amines) is 1. The van der Waals surface area contributed by atoms with Crippen LogP contribution < -0.4 is 11.1 Å². The van der Waals surface area contributed by atoms with Crippen molar-refractivity contribution < 1.29 is 9.59 Å². The van der Waals surface area contributed by atoms with Gasteiger partial charge in [0.15, 0.2) is 0 Å². The Balaban J connectivity index is 1.73. The number of rotatable bonds is 5. The summed E-state index contributed by atoms with van der Waals surface area (Å²) in [7, 11) is 0. The second-order valence-electron chi connectivity index (χ2n) is 7.15. The normalized spacial score (nSPS) is 19.3. The number of aryl methyl sites for hydroxylation is 2. The van der Waals surface area contributed by atoms with Crippen molar-refractivity contribution in [1.82, 2.24) is 20.0 Å². The number of carbonyl (C=O) groups excluding carboxylic acids is 2. The first kappa shape index (κ1) is 19.1. The van der Waals surface area contributed by atoms with Gasteiger partial charge in [0.1, 0.15) is 6.04 Å². The molecule has 0 aliphatic carbocycles. The predicted molar refractivity (Wildman–Crippen MR) is 103 cm³/mol. The van der Waals surface area contributed by atoms with Gasteiger partial charge < -0.3 is 16.0 Å². The minimum absolute atomic E-state index is 0.139. The molecule has 2 amide bonds. The zero-order valence-corrected chi connectivity index (χ0v) is 16.1. The molecule has 1 aliphatic rings. The van der Waals surface area contributed by atoms with Gasteiger partial charge in [0.2, 0.25) is 5.91 Å². The van der Waals surface area contributed by atoms with E-state index in [1.165, 1.54) is 0 Å². The highest BCUT2D eigenvalue weighted by Crippen LogP contribution is 2.20. The summed E-state index contributed by atoms with van der Waals surface area (Å²) in [6, 6.07) is 8.84. The number of carbonyl (C=O) groups is 2. The van der Waals surface area contributed by atoms with E-state index in [1.807, 2.05) is 55.8 Å². The van der Waals surface area contributed by atoms with Crippen molar-refractivity contribution in [2.45, 2.75) is 45.8 Å². The van der Waals surface area contributed by atoms with Crippen molar-refractivity contribution >= 4 is 11.8 Å². The van der Waals surface area contributed by atoms with Crippen LogP contribution >= 0.6 is 0 Å². The summed E-state index contributed by atoms with van der Waals surface area (Å²) < 4.78 is 1.94. The molecule has 3 N–H and O–H groups in total. The van der Waals surface area contributed by atoms with Crippen LogP contribution in [0.15, 0.2) is 30.3 Å². The second-order valence-corrected chi connectivity index (χ2v) is 7.15. The molecule has 7 nitrogen and oxygen atoms in total. The molecule has 1 aliphatic heterocycles. The largest absolute Gasteiger partial charge is 0.355 e. The van der Waals surface area contributed by atoms with E-state index in [9.17, 15) is 9.59 Å². The maximum Gasteiger partial charge on any atom is 0.254 e. The van der Waals surface area contributed by atoms with Crippen LogP contribution in [0.4, 0.5) is 0 Å². The number of nitrogens with two attached hydrogens (primary N) is 1. The van der Waals surface area contributed by atoms with Gasteiger partial charge in [-0.3, -0.25) is 14.3 Å². The van der Waals surface area contributed by atoms with E-state index in [-0.39, 0.29) is 17.9 Å². The van der Waals surface area contributed by atoms with Crippen LogP contribution in [0.25, 0.3) is 0 Å². The van der Waals surface area contributed by atoms with Crippen LogP contribution in [0.5, 0.6) is 0 Å². The van der Waals surface area contributed by atoms with Crippen LogP contribution in [0.1, 0.15) is 40.7 Å². The van der Waals surface area contributed by atoms with Gasteiger partial charge in [-0.15, -0.1) is 0 Å². The van der Waals surface area contributed by atoms with Crippen molar-refractivity contribution in [1.29, 1.82) is 0 Å². The predicted octanol–water partition coefficient (Wildman–Crippen LogP) is 1.23. The van der Waals surface area contributed by atoms with Crippen molar-refractivity contribution in [3.8, 4) is 0 Å². The number of amides is 2. The lowest BCUT2D eigenvalue weighted by atomic mass is 10.1. The van der Waals surface area contributed by atoms with Gasteiger partial charge >= 0.3 is 0 Å². The summed E-state index contributed by atoms with van der Waals surface area (Å²) in [5, 5.41) is 7.25. The molecule has 1 aromatic carbocycles. The summed E-state index contributed by atoms with van der Waals surface area (Å²) in [5.74, 6) is -0.295. The molecule has 0 spiro atoms. The summed E-state index contributed by atoms with van der Waals surface area (Å²) in [6.07, 6.45) is 0.494. The van der Waals surface area contributed by atoms with Crippen LogP contribution in [-0.2, 0) is 11.3 Å². The Morgan fingerprint density at radius 3 is 2.56 bits per heavy atom. The molecule has 0 unspecified atom stereocenters. The highest BCUT2D eigenvalue weighted by molar-refractivity contribution is 5.98. The molecule has 0 saturated carbocycles. The molecule has 2 atom stereocenters. The number of aromatic nitrogens is 2. The molecule has 2 heterocycles. The fraction of sp³-hybridized carbons (Fsp3) is 0.450. The summed E-state index contributed by atoms with van der Waals surface area (Å²) in [6.45, 7) is 7.44. The number of hydrogen-bond acceptors (Lipinski definition) is 4. The zero-order chi connectivity index (χ0) is 19.6. The maximum absolute atomic E-state index is 12.9. The Hall–Kier alpha value is -2.67. The topological polar surface area (TPSA) is 93.3 Å². The van der Waals surface area contributed by atoms with Crippen molar-refractivity contribution in [3.05, 3.63) is 52.8 Å². The molecular weight excluding hydrogens is 342 g/mol. The molecule has 3 rings (SSSR count). The third-order valence-corrected chi connectivity index (χ3v) is 4.88. The SMILES string of the molecule is CCNC(=O)[C@@H]1C[C@H](N)CN1C(=O)c1ccc(Cn2nc(C)cc2C)cc1. The van der Waals surface area contributed by atoms with Gasteiger partial charge in [-0.1, -0.05) is 12.1 Å². The highest BCUT2D eigenvalue weighted by atomic mass is 16.2.